The van der Waals surface area contributed by atoms with Crippen LogP contribution in [-0.4, -0.2) is 48.7 Å². The van der Waals surface area contributed by atoms with E-state index in [1.807, 2.05) is 4.90 Å². The molecule has 0 radical (unpaired) electrons. The predicted octanol–water partition coefficient (Wildman–Crippen LogP) is 1.06. The second kappa shape index (κ2) is 5.44. The van der Waals surface area contributed by atoms with Gasteiger partial charge in [0.05, 0.1) is 5.69 Å². The Kier molecular flexibility index (Phi) is 3.90. The van der Waals surface area contributed by atoms with Crippen LogP contribution >= 0.6 is 0 Å². The summed E-state index contributed by atoms with van der Waals surface area (Å²) < 4.78 is 14.2. The van der Waals surface area contributed by atoms with Crippen LogP contribution in [0.1, 0.15) is 12.5 Å². The minimum absolute atomic E-state index is 0.0862. The van der Waals surface area contributed by atoms with Crippen LogP contribution in [0.25, 0.3) is 0 Å². The average molecular weight is 266 g/mol. The van der Waals surface area contributed by atoms with Gasteiger partial charge in [0.15, 0.2) is 5.84 Å². The lowest BCUT2D eigenvalue weighted by Gasteiger charge is -2.39. The van der Waals surface area contributed by atoms with E-state index >= 15 is 0 Å². The molecule has 1 fully saturated rings. The molecule has 0 saturated carbocycles. The summed E-state index contributed by atoms with van der Waals surface area (Å²) in [6, 6.07) is 4.90. The predicted molar refractivity (Wildman–Crippen MR) is 73.2 cm³/mol. The Bertz CT molecular complexity index is 492. The van der Waals surface area contributed by atoms with Gasteiger partial charge in [-0.3, -0.25) is 0 Å². The van der Waals surface area contributed by atoms with Crippen LogP contribution in [-0.2, 0) is 0 Å². The Morgan fingerprint density at radius 1 is 1.47 bits per heavy atom. The van der Waals surface area contributed by atoms with E-state index in [4.69, 9.17) is 10.9 Å². The third kappa shape index (κ3) is 2.78. The van der Waals surface area contributed by atoms with Crippen molar-refractivity contribution in [2.75, 3.05) is 31.6 Å². The second-order valence-electron chi connectivity index (χ2n) is 4.96. The zero-order valence-electron chi connectivity index (χ0n) is 11.2. The van der Waals surface area contributed by atoms with E-state index in [0.717, 1.165) is 19.6 Å². The molecule has 19 heavy (non-hydrogen) atoms. The lowest BCUT2D eigenvalue weighted by Crippen LogP contribution is -2.50. The molecule has 1 aromatic carbocycles. The first-order chi connectivity index (χ1) is 9.02. The zero-order valence-corrected chi connectivity index (χ0v) is 11.2. The number of nitrogens with zero attached hydrogens (tertiary/aromatic N) is 3. The first kappa shape index (κ1) is 13.6. The smallest absolute Gasteiger partial charge is 0.170 e. The Balaban J connectivity index is 2.26. The number of hydrogen-bond acceptors (Lipinski definition) is 4. The Morgan fingerprint density at radius 3 is 2.79 bits per heavy atom. The van der Waals surface area contributed by atoms with Crippen LogP contribution in [0.15, 0.2) is 23.4 Å². The van der Waals surface area contributed by atoms with Crippen molar-refractivity contribution in [1.29, 1.82) is 0 Å². The number of benzene rings is 1. The minimum Gasteiger partial charge on any atom is -0.409 e. The van der Waals surface area contributed by atoms with E-state index in [0.29, 0.717) is 11.3 Å². The molecular weight excluding hydrogens is 247 g/mol. The van der Waals surface area contributed by atoms with E-state index in [9.17, 15) is 4.39 Å². The van der Waals surface area contributed by atoms with Gasteiger partial charge in [-0.1, -0.05) is 5.16 Å². The molecular formula is C13H19FN4O. The number of hydrogen-bond donors (Lipinski definition) is 2. The van der Waals surface area contributed by atoms with Crippen molar-refractivity contribution >= 4 is 11.5 Å². The van der Waals surface area contributed by atoms with Crippen molar-refractivity contribution in [1.82, 2.24) is 4.90 Å². The minimum atomic E-state index is -0.347. The number of anilines is 1. The first-order valence-corrected chi connectivity index (χ1v) is 6.25. The van der Waals surface area contributed by atoms with Crippen LogP contribution in [0.4, 0.5) is 10.1 Å². The third-order valence-corrected chi connectivity index (χ3v) is 3.49. The van der Waals surface area contributed by atoms with E-state index < -0.39 is 0 Å². The van der Waals surface area contributed by atoms with Gasteiger partial charge in [-0.15, -0.1) is 0 Å². The Labute approximate surface area is 112 Å². The summed E-state index contributed by atoms with van der Waals surface area (Å²) >= 11 is 0. The van der Waals surface area contributed by atoms with Crippen LogP contribution in [0, 0.1) is 5.82 Å². The largest absolute Gasteiger partial charge is 0.409 e. The van der Waals surface area contributed by atoms with Gasteiger partial charge >= 0.3 is 0 Å². The van der Waals surface area contributed by atoms with Gasteiger partial charge in [0.2, 0.25) is 0 Å². The molecule has 1 unspecified atom stereocenters. The molecule has 0 aromatic heterocycles. The standard InChI is InChI=1S/C13H19FN4O/c1-9-8-17(2)5-6-18(9)12-4-3-10(7-11(12)14)13(15)16-19/h3-4,7,9,19H,5-6,8H2,1-2H3,(H2,15,16). The Morgan fingerprint density at radius 2 is 2.21 bits per heavy atom. The lowest BCUT2D eigenvalue weighted by molar-refractivity contribution is 0.274. The molecule has 0 aliphatic carbocycles. The van der Waals surface area contributed by atoms with Gasteiger partial charge < -0.3 is 20.7 Å². The highest BCUT2D eigenvalue weighted by Gasteiger charge is 2.24. The topological polar surface area (TPSA) is 65.1 Å². The summed E-state index contributed by atoms with van der Waals surface area (Å²) in [5.41, 5.74) is 6.40. The third-order valence-electron chi connectivity index (χ3n) is 3.49. The van der Waals surface area contributed by atoms with Crippen molar-refractivity contribution < 1.29 is 9.60 Å². The van der Waals surface area contributed by atoms with Gasteiger partial charge in [-0.05, 0) is 32.2 Å². The number of halogens is 1. The average Bonchev–Trinajstić information content (AvgIpc) is 2.38. The fraction of sp³-hybridized carbons (Fsp3) is 0.462. The molecule has 0 amide bonds. The van der Waals surface area contributed by atoms with Gasteiger partial charge in [0.25, 0.3) is 0 Å². The maximum atomic E-state index is 14.2. The van der Waals surface area contributed by atoms with Crippen LogP contribution in [0.5, 0.6) is 0 Å². The number of oxime groups is 1. The van der Waals surface area contributed by atoms with E-state index in [2.05, 4.69) is 24.0 Å². The van der Waals surface area contributed by atoms with Crippen LogP contribution < -0.4 is 10.6 Å². The molecule has 3 N–H and O–H groups in total. The molecule has 2 rings (SSSR count). The van der Waals surface area contributed by atoms with Crippen molar-refractivity contribution in [2.45, 2.75) is 13.0 Å². The highest BCUT2D eigenvalue weighted by atomic mass is 19.1. The fourth-order valence-corrected chi connectivity index (χ4v) is 2.45. The molecule has 6 heteroatoms. The normalized spacial score (nSPS) is 21.7. The first-order valence-electron chi connectivity index (χ1n) is 6.25. The molecule has 1 aliphatic rings. The van der Waals surface area contributed by atoms with Crippen LogP contribution in [0.3, 0.4) is 0 Å². The molecule has 104 valence electrons. The van der Waals surface area contributed by atoms with E-state index in [1.54, 1.807) is 12.1 Å². The second-order valence-corrected chi connectivity index (χ2v) is 4.96. The summed E-state index contributed by atoms with van der Waals surface area (Å²) in [6.45, 7) is 4.68. The summed E-state index contributed by atoms with van der Waals surface area (Å²) in [7, 11) is 2.06. The van der Waals surface area contributed by atoms with E-state index in [-0.39, 0.29) is 17.7 Å². The summed E-state index contributed by atoms with van der Waals surface area (Å²) in [6.07, 6.45) is 0. The molecule has 0 spiro atoms. The molecule has 1 saturated heterocycles. The molecule has 0 bridgehead atoms. The van der Waals surface area contributed by atoms with Gasteiger partial charge in [-0.2, -0.15) is 0 Å². The van der Waals surface area contributed by atoms with Crippen molar-refractivity contribution in [2.24, 2.45) is 10.9 Å². The molecule has 1 heterocycles. The molecule has 1 aliphatic heterocycles. The number of rotatable bonds is 2. The number of piperazine rings is 1. The quantitative estimate of drug-likeness (QED) is 0.363. The number of likely N-dealkylation sites (N-methyl/N-ethyl adjacent to an activating group) is 1. The van der Waals surface area contributed by atoms with Crippen LogP contribution in [0.2, 0.25) is 0 Å². The van der Waals surface area contributed by atoms with Crippen molar-refractivity contribution in [3.05, 3.63) is 29.6 Å². The lowest BCUT2D eigenvalue weighted by atomic mass is 10.1. The summed E-state index contributed by atoms with van der Waals surface area (Å²) in [5.74, 6) is -0.433. The SMILES string of the molecule is CC1CN(C)CCN1c1ccc(/C(N)=N/O)cc1F. The van der Waals surface area contributed by atoms with Gasteiger partial charge in [-0.25, -0.2) is 4.39 Å². The van der Waals surface area contributed by atoms with Gasteiger partial charge in [0, 0.05) is 31.2 Å². The highest BCUT2D eigenvalue weighted by molar-refractivity contribution is 5.97. The zero-order chi connectivity index (χ0) is 14.0. The molecule has 5 nitrogen and oxygen atoms in total. The van der Waals surface area contributed by atoms with Crippen molar-refractivity contribution in [3.8, 4) is 0 Å². The maximum absolute atomic E-state index is 14.2. The highest BCUT2D eigenvalue weighted by Crippen LogP contribution is 2.24. The number of nitrogens with two attached hydrogens (primary N) is 1. The monoisotopic (exact) mass is 266 g/mol. The van der Waals surface area contributed by atoms with Crippen molar-refractivity contribution in [3.63, 3.8) is 0 Å². The Hall–Kier alpha value is -1.82. The number of amidine groups is 1. The molecule has 1 aromatic rings. The summed E-state index contributed by atoms with van der Waals surface area (Å²) in [4.78, 5) is 4.27. The maximum Gasteiger partial charge on any atom is 0.170 e. The molecule has 1 atom stereocenters. The van der Waals surface area contributed by atoms with Gasteiger partial charge in [0.1, 0.15) is 5.82 Å². The van der Waals surface area contributed by atoms with E-state index in [1.165, 1.54) is 6.07 Å². The summed E-state index contributed by atoms with van der Waals surface area (Å²) in [5, 5.41) is 11.5. The fourth-order valence-electron chi connectivity index (χ4n) is 2.45.